The number of benzene rings is 2. The van der Waals surface area contributed by atoms with Crippen molar-refractivity contribution in [1.29, 1.82) is 0 Å². The third-order valence-corrected chi connectivity index (χ3v) is 4.00. The van der Waals surface area contributed by atoms with E-state index < -0.39 is 9.84 Å². The Morgan fingerprint density at radius 2 is 1.80 bits per heavy atom. The van der Waals surface area contributed by atoms with Gasteiger partial charge in [0.1, 0.15) is 5.75 Å². The van der Waals surface area contributed by atoms with Crippen molar-refractivity contribution in [2.24, 2.45) is 0 Å². The molecule has 0 spiro atoms. The lowest BCUT2D eigenvalue weighted by Gasteiger charge is -2.09. The zero-order valence-electron chi connectivity index (χ0n) is 11.0. The quantitative estimate of drug-likeness (QED) is 0.592. The summed E-state index contributed by atoms with van der Waals surface area (Å²) < 4.78 is 22.7. The highest BCUT2D eigenvalue weighted by Crippen LogP contribution is 2.21. The van der Waals surface area contributed by atoms with Gasteiger partial charge in [-0.3, -0.25) is 0 Å². The minimum Gasteiger partial charge on any atom is -0.508 e. The normalized spacial score (nSPS) is 11.2. The Kier molecular flexibility index (Phi) is 3.85. The molecule has 0 bridgehead atoms. The molecule has 2 aromatic carbocycles. The van der Waals surface area contributed by atoms with Crippen LogP contribution in [0.15, 0.2) is 47.4 Å². The molecule has 0 atom stereocenters. The van der Waals surface area contributed by atoms with Crippen LogP contribution in [-0.4, -0.2) is 19.8 Å². The molecular formula is C14H16N2O3S. The molecular weight excluding hydrogens is 276 g/mol. The van der Waals surface area contributed by atoms with Gasteiger partial charge in [-0.05, 0) is 42.5 Å². The number of phenols is 1. The van der Waals surface area contributed by atoms with Crippen LogP contribution in [0.4, 0.5) is 11.4 Å². The van der Waals surface area contributed by atoms with E-state index in [1.165, 1.54) is 18.4 Å². The molecule has 0 radical (unpaired) electrons. The number of nitrogen functional groups attached to an aromatic ring is 1. The van der Waals surface area contributed by atoms with Crippen LogP contribution in [0.3, 0.4) is 0 Å². The van der Waals surface area contributed by atoms with Gasteiger partial charge in [-0.1, -0.05) is 0 Å². The van der Waals surface area contributed by atoms with Crippen LogP contribution in [0.25, 0.3) is 0 Å². The zero-order chi connectivity index (χ0) is 14.8. The molecule has 0 aliphatic rings. The van der Waals surface area contributed by atoms with Crippen LogP contribution in [0, 0.1) is 0 Å². The largest absolute Gasteiger partial charge is 0.508 e. The minimum atomic E-state index is -3.18. The van der Waals surface area contributed by atoms with Gasteiger partial charge in [0.05, 0.1) is 4.90 Å². The zero-order valence-corrected chi connectivity index (χ0v) is 11.8. The molecule has 5 nitrogen and oxygen atoms in total. The van der Waals surface area contributed by atoms with Gasteiger partial charge in [-0.25, -0.2) is 8.42 Å². The van der Waals surface area contributed by atoms with Crippen molar-refractivity contribution in [1.82, 2.24) is 0 Å². The fourth-order valence-electron chi connectivity index (χ4n) is 1.76. The lowest BCUT2D eigenvalue weighted by Crippen LogP contribution is -2.02. The molecule has 6 heteroatoms. The Balaban J connectivity index is 2.10. The molecule has 0 amide bonds. The number of nitrogens with one attached hydrogen (secondary N) is 1. The van der Waals surface area contributed by atoms with Crippen LogP contribution >= 0.6 is 0 Å². The summed E-state index contributed by atoms with van der Waals surface area (Å²) in [5.41, 5.74) is 7.68. The number of aromatic hydroxyl groups is 1. The van der Waals surface area contributed by atoms with Crippen molar-refractivity contribution in [3.63, 3.8) is 0 Å². The molecule has 4 N–H and O–H groups in total. The summed E-state index contributed by atoms with van der Waals surface area (Å²) >= 11 is 0. The van der Waals surface area contributed by atoms with Crippen LogP contribution in [-0.2, 0) is 16.4 Å². The molecule has 0 aromatic heterocycles. The summed E-state index contributed by atoms with van der Waals surface area (Å²) in [5.74, 6) is 0.166. The Bertz CT molecular complexity index is 710. The highest BCUT2D eigenvalue weighted by molar-refractivity contribution is 7.90. The highest BCUT2D eigenvalue weighted by atomic mass is 32.2. The molecule has 0 aliphatic heterocycles. The van der Waals surface area contributed by atoms with Gasteiger partial charge in [0.25, 0.3) is 0 Å². The van der Waals surface area contributed by atoms with Gasteiger partial charge in [-0.15, -0.1) is 0 Å². The van der Waals surface area contributed by atoms with Gasteiger partial charge in [-0.2, -0.15) is 0 Å². The first-order valence-corrected chi connectivity index (χ1v) is 7.87. The van der Waals surface area contributed by atoms with E-state index in [0.717, 1.165) is 5.69 Å². The maximum Gasteiger partial charge on any atom is 0.175 e. The third-order valence-electron chi connectivity index (χ3n) is 2.87. The Morgan fingerprint density at radius 3 is 2.40 bits per heavy atom. The predicted molar refractivity (Wildman–Crippen MR) is 79.4 cm³/mol. The summed E-state index contributed by atoms with van der Waals surface area (Å²) in [6.07, 6.45) is 1.17. The number of sulfone groups is 1. The third kappa shape index (κ3) is 3.42. The van der Waals surface area contributed by atoms with Crippen molar-refractivity contribution >= 4 is 21.2 Å². The molecule has 2 rings (SSSR count). The molecule has 0 heterocycles. The van der Waals surface area contributed by atoms with Crippen molar-refractivity contribution in [2.75, 3.05) is 17.3 Å². The second kappa shape index (κ2) is 5.42. The van der Waals surface area contributed by atoms with Crippen LogP contribution in [0.5, 0.6) is 5.75 Å². The van der Waals surface area contributed by atoms with Crippen molar-refractivity contribution < 1.29 is 13.5 Å². The number of nitrogens with two attached hydrogens (primary N) is 1. The molecule has 2 aromatic rings. The first-order valence-electron chi connectivity index (χ1n) is 5.97. The summed E-state index contributed by atoms with van der Waals surface area (Å²) in [7, 11) is -3.18. The lowest BCUT2D eigenvalue weighted by atomic mass is 10.1. The van der Waals surface area contributed by atoms with E-state index in [4.69, 9.17) is 5.73 Å². The van der Waals surface area contributed by atoms with Crippen LogP contribution < -0.4 is 11.1 Å². The topological polar surface area (TPSA) is 92.4 Å². The van der Waals surface area contributed by atoms with Gasteiger partial charge < -0.3 is 16.2 Å². The van der Waals surface area contributed by atoms with E-state index in [1.807, 2.05) is 0 Å². The average molecular weight is 292 g/mol. The first kappa shape index (κ1) is 14.2. The van der Waals surface area contributed by atoms with Gasteiger partial charge in [0.15, 0.2) is 9.84 Å². The Morgan fingerprint density at radius 1 is 1.15 bits per heavy atom. The van der Waals surface area contributed by atoms with E-state index in [9.17, 15) is 13.5 Å². The van der Waals surface area contributed by atoms with Crippen molar-refractivity contribution in [3.8, 4) is 5.75 Å². The second-order valence-corrected chi connectivity index (χ2v) is 6.55. The fourth-order valence-corrected chi connectivity index (χ4v) is 2.39. The first-order chi connectivity index (χ1) is 9.36. The number of rotatable bonds is 4. The van der Waals surface area contributed by atoms with Crippen molar-refractivity contribution in [3.05, 3.63) is 48.0 Å². The average Bonchev–Trinajstić information content (AvgIpc) is 2.39. The van der Waals surface area contributed by atoms with E-state index in [2.05, 4.69) is 5.32 Å². The van der Waals surface area contributed by atoms with Crippen LogP contribution in [0.2, 0.25) is 0 Å². The second-order valence-electron chi connectivity index (χ2n) is 4.54. The molecule has 0 fully saturated rings. The molecule has 0 unspecified atom stereocenters. The predicted octanol–water partition coefficient (Wildman–Crippen LogP) is 1.99. The van der Waals surface area contributed by atoms with E-state index in [-0.39, 0.29) is 10.6 Å². The monoisotopic (exact) mass is 292 g/mol. The summed E-state index contributed by atoms with van der Waals surface area (Å²) in [5, 5.41) is 12.8. The number of phenolic OH excluding ortho intramolecular Hbond substituents is 1. The van der Waals surface area contributed by atoms with Crippen LogP contribution in [0.1, 0.15) is 5.56 Å². The SMILES string of the molecule is CS(=O)(=O)c1ccc(NCc2cc(N)ccc2O)cc1. The highest BCUT2D eigenvalue weighted by Gasteiger charge is 2.06. The lowest BCUT2D eigenvalue weighted by molar-refractivity contribution is 0.469. The Labute approximate surface area is 118 Å². The summed E-state index contributed by atoms with van der Waals surface area (Å²) in [6, 6.07) is 11.3. The van der Waals surface area contributed by atoms with Crippen molar-refractivity contribution in [2.45, 2.75) is 11.4 Å². The molecule has 106 valence electrons. The van der Waals surface area contributed by atoms with E-state index >= 15 is 0 Å². The van der Waals surface area contributed by atoms with E-state index in [0.29, 0.717) is 17.8 Å². The Hall–Kier alpha value is -2.21. The maximum absolute atomic E-state index is 11.3. The molecule has 0 saturated heterocycles. The molecule has 20 heavy (non-hydrogen) atoms. The number of hydrogen-bond acceptors (Lipinski definition) is 5. The van der Waals surface area contributed by atoms with Gasteiger partial charge in [0.2, 0.25) is 0 Å². The molecule has 0 aliphatic carbocycles. The fraction of sp³-hybridized carbons (Fsp3) is 0.143. The minimum absolute atomic E-state index is 0.166. The number of hydrogen-bond donors (Lipinski definition) is 3. The van der Waals surface area contributed by atoms with Gasteiger partial charge >= 0.3 is 0 Å². The van der Waals surface area contributed by atoms with Gasteiger partial charge in [0, 0.05) is 29.7 Å². The maximum atomic E-state index is 11.3. The summed E-state index contributed by atoms with van der Waals surface area (Å²) in [6.45, 7) is 0.398. The standard InChI is InChI=1S/C14H16N2O3S/c1-20(18,19)13-5-3-12(4-6-13)16-9-10-8-11(15)2-7-14(10)17/h2-8,16-17H,9,15H2,1H3. The summed E-state index contributed by atoms with van der Waals surface area (Å²) in [4.78, 5) is 0.273. The molecule has 0 saturated carbocycles. The smallest absolute Gasteiger partial charge is 0.175 e. The van der Waals surface area contributed by atoms with E-state index in [1.54, 1.807) is 30.3 Å². The number of anilines is 2.